The molecule has 6 atom stereocenters. The quantitative estimate of drug-likeness (QED) is 0.0780. The van der Waals surface area contributed by atoms with Gasteiger partial charge in [0.25, 0.3) is 0 Å². The molecule has 2 fully saturated rings. The Morgan fingerprint density at radius 1 is 1.31 bits per heavy atom. The molecule has 196 valence electrons. The van der Waals surface area contributed by atoms with Crippen LogP contribution in [0.3, 0.4) is 0 Å². The average molecular weight is 509 g/mol. The first-order valence-electron chi connectivity index (χ1n) is 12.4. The Labute approximate surface area is 211 Å². The molecule has 0 amide bonds. The van der Waals surface area contributed by atoms with Crippen LogP contribution in [0.2, 0.25) is 0 Å². The van der Waals surface area contributed by atoms with E-state index < -0.39 is 28.5 Å². The van der Waals surface area contributed by atoms with Crippen molar-refractivity contribution in [1.29, 1.82) is 0 Å². The van der Waals surface area contributed by atoms with Gasteiger partial charge in [-0.1, -0.05) is 55.4 Å². The molecule has 0 spiro atoms. The molecule has 5 unspecified atom stereocenters. The predicted molar refractivity (Wildman–Crippen MR) is 136 cm³/mol. The van der Waals surface area contributed by atoms with E-state index in [0.717, 1.165) is 12.2 Å². The molecule has 2 saturated heterocycles. The first kappa shape index (κ1) is 28.0. The summed E-state index contributed by atoms with van der Waals surface area (Å²) in [5.74, 6) is -0.123. The standard InChI is InChI=1S/C25H40N4O5S/c1-18(15-30)13-25(34)23-29(11-12-35-23,14-21(31)19-7-3-2-4-8-19)17-24(25,33)16-28-22(32)20(27)9-5-6-10-26/h2-4,7-8,18,20,23,30,33-34H,5-6,9-17,26-27H2,1H3/t18?,20-,23?,24?,25?,29?/m0/s1. The topological polar surface area (TPSA) is 165 Å². The highest BCUT2D eigenvalue weighted by atomic mass is 32.2. The van der Waals surface area contributed by atoms with Crippen molar-refractivity contribution in [1.82, 2.24) is 0 Å². The third kappa shape index (κ3) is 5.90. The Bertz CT molecular complexity index is 890. The predicted octanol–water partition coefficient (Wildman–Crippen LogP) is -0.532. The number of ketones is 1. The molecular weight excluding hydrogens is 468 g/mol. The number of aliphatic hydroxyl groups is 3. The summed E-state index contributed by atoms with van der Waals surface area (Å²) >= 11 is 1.53. The van der Waals surface area contributed by atoms with Crippen molar-refractivity contribution in [3.63, 3.8) is 0 Å². The summed E-state index contributed by atoms with van der Waals surface area (Å²) < 4.78 is 0.218. The van der Waals surface area contributed by atoms with Gasteiger partial charge in [-0.2, -0.15) is 0 Å². The summed E-state index contributed by atoms with van der Waals surface area (Å²) in [6, 6.07) is 8.21. The highest BCUT2D eigenvalue weighted by Crippen LogP contribution is 2.53. The molecule has 1 aromatic rings. The van der Waals surface area contributed by atoms with Gasteiger partial charge in [-0.05, 0) is 37.6 Å². The van der Waals surface area contributed by atoms with E-state index in [2.05, 4.69) is 4.99 Å². The summed E-state index contributed by atoms with van der Waals surface area (Å²) in [5.41, 5.74) is 8.70. The van der Waals surface area contributed by atoms with Crippen LogP contribution in [-0.2, 0) is 0 Å². The zero-order valence-electron chi connectivity index (χ0n) is 20.5. The maximum atomic E-state index is 13.2. The number of nitrogens with zero attached hydrogens (tertiary/aromatic N) is 2. The highest BCUT2D eigenvalue weighted by Gasteiger charge is 2.72. The van der Waals surface area contributed by atoms with Gasteiger partial charge in [0.1, 0.15) is 13.1 Å². The maximum Gasteiger partial charge on any atom is 0.216 e. The molecule has 0 aliphatic carbocycles. The summed E-state index contributed by atoms with van der Waals surface area (Å²) in [6.07, 6.45) is 2.05. The van der Waals surface area contributed by atoms with Crippen molar-refractivity contribution < 1.29 is 29.7 Å². The van der Waals surface area contributed by atoms with Gasteiger partial charge < -0.3 is 41.4 Å². The van der Waals surface area contributed by atoms with Gasteiger partial charge in [0.2, 0.25) is 5.78 Å². The monoisotopic (exact) mass is 508 g/mol. The molecule has 0 radical (unpaired) electrons. The van der Waals surface area contributed by atoms with E-state index in [-0.39, 0.29) is 48.8 Å². The number of quaternary nitrogens is 1. The van der Waals surface area contributed by atoms with Gasteiger partial charge >= 0.3 is 0 Å². The first-order valence-corrected chi connectivity index (χ1v) is 13.4. The Morgan fingerprint density at radius 2 is 2.03 bits per heavy atom. The van der Waals surface area contributed by atoms with Gasteiger partial charge in [0.05, 0.1) is 13.1 Å². The van der Waals surface area contributed by atoms with E-state index in [4.69, 9.17) is 11.5 Å². The number of aliphatic imine (C=N–C) groups is 1. The zero-order chi connectivity index (χ0) is 25.7. The number of hydrogen-bond donors (Lipinski definition) is 5. The van der Waals surface area contributed by atoms with Crippen molar-refractivity contribution in [2.24, 2.45) is 22.4 Å². The summed E-state index contributed by atoms with van der Waals surface area (Å²) in [4.78, 5) is 17.3. The van der Waals surface area contributed by atoms with Gasteiger partial charge in [-0.15, -0.1) is 0 Å². The molecule has 2 heterocycles. The van der Waals surface area contributed by atoms with Crippen LogP contribution in [0.5, 0.6) is 0 Å². The van der Waals surface area contributed by atoms with Crippen LogP contribution in [0, 0.1) is 5.92 Å². The fourth-order valence-corrected chi connectivity index (χ4v) is 7.37. The number of carbonyl (C=O) groups is 1. The molecule has 35 heavy (non-hydrogen) atoms. The minimum Gasteiger partial charge on any atom is -0.861 e. The van der Waals surface area contributed by atoms with E-state index in [1.54, 1.807) is 19.1 Å². The van der Waals surface area contributed by atoms with Crippen LogP contribution in [0.4, 0.5) is 0 Å². The van der Waals surface area contributed by atoms with Crippen molar-refractivity contribution >= 4 is 23.4 Å². The smallest absolute Gasteiger partial charge is 0.216 e. The van der Waals surface area contributed by atoms with Gasteiger partial charge in [-0.3, -0.25) is 4.79 Å². The minimum atomic E-state index is -1.74. The lowest BCUT2D eigenvalue weighted by Gasteiger charge is -2.39. The molecule has 2 aliphatic rings. The number of nitrogens with two attached hydrogens (primary N) is 2. The Hall–Kier alpha value is -1.53. The molecule has 0 saturated carbocycles. The fraction of sp³-hybridized carbons (Fsp3) is 0.680. The lowest BCUT2D eigenvalue weighted by Crippen LogP contribution is -2.59. The number of carbonyl (C=O) groups excluding carboxylic acids is 1. The Balaban J connectivity index is 1.89. The number of rotatable bonds is 13. The van der Waals surface area contributed by atoms with Gasteiger partial charge in [0, 0.05) is 24.0 Å². The highest BCUT2D eigenvalue weighted by molar-refractivity contribution is 8.00. The lowest BCUT2D eigenvalue weighted by atomic mass is 9.79. The van der Waals surface area contributed by atoms with Crippen LogP contribution >= 0.6 is 11.8 Å². The maximum absolute atomic E-state index is 13.2. The van der Waals surface area contributed by atoms with Gasteiger partial charge in [-0.25, -0.2) is 0 Å². The van der Waals surface area contributed by atoms with Crippen LogP contribution < -0.4 is 16.6 Å². The second kappa shape index (κ2) is 11.7. The molecule has 0 bridgehead atoms. The molecular formula is C25H40N4O5S. The van der Waals surface area contributed by atoms with Crippen molar-refractivity contribution in [2.45, 2.75) is 55.2 Å². The molecule has 2 aliphatic heterocycles. The van der Waals surface area contributed by atoms with Crippen molar-refractivity contribution in [3.8, 4) is 0 Å². The Morgan fingerprint density at radius 3 is 2.69 bits per heavy atom. The minimum absolute atomic E-state index is 0.0603. The summed E-state index contributed by atoms with van der Waals surface area (Å²) in [7, 11) is 0. The average Bonchev–Trinajstić information content (AvgIpc) is 3.32. The number of hydrogen-bond acceptors (Lipinski definition) is 9. The van der Waals surface area contributed by atoms with Crippen LogP contribution in [0.1, 0.15) is 43.0 Å². The van der Waals surface area contributed by atoms with Crippen LogP contribution in [-0.4, -0.2) is 99.2 Å². The summed E-state index contributed by atoms with van der Waals surface area (Å²) in [6.45, 7) is 2.70. The number of benzene rings is 1. The number of aliphatic hydroxyl groups excluding tert-OH is 1. The normalized spacial score (nSPS) is 32.4. The number of fused-ring (bicyclic) bond motifs is 1. The number of Topliss-reactive ketones (excluding diaryl/α,β-unsaturated/α-hetero) is 1. The fourth-order valence-electron chi connectivity index (χ4n) is 5.51. The van der Waals surface area contributed by atoms with E-state index in [0.29, 0.717) is 31.5 Å². The third-order valence-electron chi connectivity index (χ3n) is 7.41. The van der Waals surface area contributed by atoms with Crippen LogP contribution in [0.15, 0.2) is 35.3 Å². The van der Waals surface area contributed by atoms with Crippen molar-refractivity contribution in [2.75, 3.05) is 45.1 Å². The summed E-state index contributed by atoms with van der Waals surface area (Å²) in [5, 5.41) is 45.7. The zero-order valence-corrected chi connectivity index (χ0v) is 21.3. The SMILES string of the molecule is CC(CO)CC1(O)C2SCC[N+]2(CC(=O)c2ccccc2)CC1(O)CN=C([O-])[C@@H](N)CCCCN. The second-order valence-electron chi connectivity index (χ2n) is 10.3. The van der Waals surface area contributed by atoms with E-state index in [1.807, 2.05) is 18.2 Å². The number of thioether (sulfide) groups is 1. The Kier molecular flexibility index (Phi) is 9.36. The van der Waals surface area contributed by atoms with E-state index in [1.165, 1.54) is 11.8 Å². The molecule has 1 aromatic carbocycles. The molecule has 0 aromatic heterocycles. The van der Waals surface area contributed by atoms with Crippen LogP contribution in [0.25, 0.3) is 0 Å². The van der Waals surface area contributed by atoms with E-state index in [9.17, 15) is 25.2 Å². The molecule has 9 nitrogen and oxygen atoms in total. The molecule has 10 heteroatoms. The molecule has 3 rings (SSSR count). The first-order chi connectivity index (χ1) is 16.6. The van der Waals surface area contributed by atoms with Crippen molar-refractivity contribution in [3.05, 3.63) is 35.9 Å². The van der Waals surface area contributed by atoms with E-state index >= 15 is 0 Å². The van der Waals surface area contributed by atoms with Gasteiger partial charge in [0.15, 0.2) is 16.6 Å². The number of unbranched alkanes of at least 4 members (excludes halogenated alkanes) is 1. The third-order valence-corrected chi connectivity index (χ3v) is 8.98. The lowest BCUT2D eigenvalue weighted by molar-refractivity contribution is -0.916. The second-order valence-corrected chi connectivity index (χ2v) is 11.5. The largest absolute Gasteiger partial charge is 0.861 e. The molecule has 7 N–H and O–H groups in total.